The summed E-state index contributed by atoms with van der Waals surface area (Å²) in [4.78, 5) is 12.8. The molecule has 2 aromatic rings. The van der Waals surface area contributed by atoms with Crippen molar-refractivity contribution in [2.45, 2.75) is 55.7 Å². The lowest BCUT2D eigenvalue weighted by Crippen LogP contribution is -2.43. The van der Waals surface area contributed by atoms with Gasteiger partial charge >= 0.3 is 12.1 Å². The molecule has 0 radical (unpaired) electrons. The molecule has 3 aliphatic rings. The first kappa shape index (κ1) is 24.7. The van der Waals surface area contributed by atoms with Crippen molar-refractivity contribution in [1.29, 1.82) is 0 Å². The zero-order valence-corrected chi connectivity index (χ0v) is 20.3. The number of allylic oxidation sites excluding steroid dienone is 1. The summed E-state index contributed by atoms with van der Waals surface area (Å²) in [5, 5.41) is 7.45. The number of carboxylic acid groups (broad SMARTS) is 1. The van der Waals surface area contributed by atoms with Gasteiger partial charge in [-0.15, -0.1) is 0 Å². The van der Waals surface area contributed by atoms with E-state index in [0.717, 1.165) is 17.7 Å². The largest absolute Gasteiger partial charge is 0.478 e. The lowest BCUT2D eigenvalue weighted by atomic mass is 9.76. The second kappa shape index (κ2) is 8.83. The minimum atomic E-state index is -4.85. The zero-order valence-electron chi connectivity index (χ0n) is 19.5. The summed E-state index contributed by atoms with van der Waals surface area (Å²) in [5.74, 6) is -1.24. The Labute approximate surface area is 206 Å². The number of benzene rings is 2. The third kappa shape index (κ3) is 3.86. The van der Waals surface area contributed by atoms with E-state index in [0.29, 0.717) is 42.7 Å². The number of halogens is 3. The molecule has 0 aromatic heterocycles. The van der Waals surface area contributed by atoms with E-state index in [-0.39, 0.29) is 18.8 Å². The third-order valence-electron chi connectivity index (χ3n) is 7.40. The fourth-order valence-electron chi connectivity index (χ4n) is 5.91. The molecule has 192 valence electrons. The molecule has 3 unspecified atom stereocenters. The van der Waals surface area contributed by atoms with E-state index in [4.69, 9.17) is 9.47 Å². The van der Waals surface area contributed by atoms with E-state index in [2.05, 4.69) is 0 Å². The Hall–Kier alpha value is -3.01. The van der Waals surface area contributed by atoms with Crippen molar-refractivity contribution in [2.75, 3.05) is 6.79 Å². The highest BCUT2D eigenvalue weighted by Crippen LogP contribution is 2.54. The van der Waals surface area contributed by atoms with Gasteiger partial charge in [-0.05, 0) is 59.7 Å². The molecule has 36 heavy (non-hydrogen) atoms. The number of aryl methyl sites for hydroxylation is 1. The molecule has 0 amide bonds. The summed E-state index contributed by atoms with van der Waals surface area (Å²) < 4.78 is 80.9. The molecule has 1 aliphatic carbocycles. The number of fused-ring (bicyclic) bond motifs is 2. The quantitative estimate of drug-likeness (QED) is 0.565. The van der Waals surface area contributed by atoms with Crippen LogP contribution in [0.15, 0.2) is 42.0 Å². The van der Waals surface area contributed by atoms with Crippen LogP contribution >= 0.6 is 0 Å². The Bertz CT molecular complexity index is 1360. The van der Waals surface area contributed by atoms with Crippen LogP contribution in [0.2, 0.25) is 0 Å². The van der Waals surface area contributed by atoms with Gasteiger partial charge in [0.05, 0.1) is 16.4 Å². The minimum Gasteiger partial charge on any atom is -0.478 e. The third-order valence-corrected chi connectivity index (χ3v) is 9.95. The Kier molecular flexibility index (Phi) is 6.05. The fourth-order valence-corrected chi connectivity index (χ4v) is 8.61. The molecule has 0 saturated heterocycles. The van der Waals surface area contributed by atoms with Crippen LogP contribution in [0, 0.1) is 5.92 Å². The van der Waals surface area contributed by atoms with Gasteiger partial charge in [-0.3, -0.25) is 0 Å². The second-order valence-corrected chi connectivity index (χ2v) is 11.6. The van der Waals surface area contributed by atoms with Crippen molar-refractivity contribution in [3.63, 3.8) is 0 Å². The van der Waals surface area contributed by atoms with Gasteiger partial charge in [0.2, 0.25) is 6.79 Å². The molecule has 2 heterocycles. The van der Waals surface area contributed by atoms with E-state index in [1.54, 1.807) is 12.1 Å². The van der Waals surface area contributed by atoms with Crippen molar-refractivity contribution in [1.82, 2.24) is 0 Å². The summed E-state index contributed by atoms with van der Waals surface area (Å²) in [6, 6.07) is 7.72. The molecule has 3 atom stereocenters. The Morgan fingerprint density at radius 1 is 1.11 bits per heavy atom. The second-order valence-electron chi connectivity index (χ2n) is 9.34. The van der Waals surface area contributed by atoms with Crippen LogP contribution in [0.25, 0.3) is 5.57 Å². The molecular formula is C26H25F3O6S. The maximum atomic E-state index is 14.0. The van der Waals surface area contributed by atoms with Gasteiger partial charge in [0.25, 0.3) is 0 Å². The zero-order chi connectivity index (χ0) is 25.8. The number of hydrogen-bond donors (Lipinski definition) is 1. The van der Waals surface area contributed by atoms with Gasteiger partial charge < -0.3 is 14.6 Å². The molecule has 1 N–H and O–H groups in total. The van der Waals surface area contributed by atoms with Gasteiger partial charge in [-0.2, -0.15) is 13.2 Å². The normalized spacial score (nSPS) is 24.9. The number of alkyl halides is 3. The van der Waals surface area contributed by atoms with Crippen molar-refractivity contribution in [3.05, 3.63) is 64.2 Å². The molecule has 0 bridgehead atoms. The van der Waals surface area contributed by atoms with Crippen LogP contribution in [0.4, 0.5) is 13.2 Å². The van der Waals surface area contributed by atoms with Gasteiger partial charge in [-0.25, -0.2) is 13.2 Å². The first-order valence-electron chi connectivity index (χ1n) is 11.8. The standard InChI is InChI=1S/C26H25F3O6S/c1-2-14-11-15(12-19-23(14)35-13-34-19)21-17-8-4-6-10-20(17)36(32,33)24(22(21)25(30)31)16-7-3-5-9-18(16)26(27,28)29/h3,5,7,9,11-12,17,20,24H,2,4,6,8,10,13H2,1H3,(H,30,31). The van der Waals surface area contributed by atoms with Crippen molar-refractivity contribution in [2.24, 2.45) is 5.92 Å². The topological polar surface area (TPSA) is 89.9 Å². The first-order valence-corrected chi connectivity index (χ1v) is 13.5. The van der Waals surface area contributed by atoms with Crippen molar-refractivity contribution < 1.29 is 41.0 Å². The maximum absolute atomic E-state index is 14.0. The average Bonchev–Trinajstić information content (AvgIpc) is 3.31. The highest BCUT2D eigenvalue weighted by molar-refractivity contribution is 7.92. The van der Waals surface area contributed by atoms with E-state index in [9.17, 15) is 31.5 Å². The lowest BCUT2D eigenvalue weighted by molar-refractivity contribution is -0.138. The number of hydrogen-bond acceptors (Lipinski definition) is 5. The predicted molar refractivity (Wildman–Crippen MR) is 125 cm³/mol. The van der Waals surface area contributed by atoms with E-state index >= 15 is 0 Å². The molecule has 10 heteroatoms. The van der Waals surface area contributed by atoms with Crippen LogP contribution in [-0.2, 0) is 27.2 Å². The van der Waals surface area contributed by atoms with E-state index in [1.165, 1.54) is 12.1 Å². The van der Waals surface area contributed by atoms with Crippen molar-refractivity contribution >= 4 is 21.4 Å². The molecule has 0 spiro atoms. The summed E-state index contributed by atoms with van der Waals surface area (Å²) in [6.45, 7) is 1.89. The van der Waals surface area contributed by atoms with Crippen LogP contribution in [0.1, 0.15) is 60.1 Å². The number of ether oxygens (including phenoxy) is 2. The molecule has 2 aliphatic heterocycles. The minimum absolute atomic E-state index is 0.00135. The Morgan fingerprint density at radius 3 is 2.53 bits per heavy atom. The molecule has 5 rings (SSSR count). The Balaban J connectivity index is 1.86. The van der Waals surface area contributed by atoms with E-state index in [1.807, 2.05) is 6.92 Å². The maximum Gasteiger partial charge on any atom is 0.416 e. The predicted octanol–water partition coefficient (Wildman–Crippen LogP) is 5.56. The number of rotatable bonds is 4. The molecule has 2 aromatic carbocycles. The van der Waals surface area contributed by atoms with Crippen LogP contribution in [0.3, 0.4) is 0 Å². The monoisotopic (exact) mass is 522 g/mol. The number of aliphatic carboxylic acids is 1. The summed E-state index contributed by atoms with van der Waals surface area (Å²) >= 11 is 0. The molecular weight excluding hydrogens is 497 g/mol. The first-order chi connectivity index (χ1) is 17.1. The van der Waals surface area contributed by atoms with Gasteiger partial charge in [0.1, 0.15) is 5.25 Å². The summed E-state index contributed by atoms with van der Waals surface area (Å²) in [6.07, 6.45) is -2.32. The fraction of sp³-hybridized carbons (Fsp3) is 0.423. The average molecular weight is 523 g/mol. The molecule has 1 saturated carbocycles. The van der Waals surface area contributed by atoms with Gasteiger partial charge in [-0.1, -0.05) is 38.0 Å². The number of carboxylic acids is 1. The summed E-state index contributed by atoms with van der Waals surface area (Å²) in [5.41, 5.74) is -0.737. The van der Waals surface area contributed by atoms with Crippen LogP contribution in [0.5, 0.6) is 11.5 Å². The highest BCUT2D eigenvalue weighted by Gasteiger charge is 2.53. The molecule has 1 fully saturated rings. The van der Waals surface area contributed by atoms with Gasteiger partial charge in [0.15, 0.2) is 21.3 Å². The Morgan fingerprint density at radius 2 is 1.83 bits per heavy atom. The SMILES string of the molecule is CCc1cc(C2=C(C(=O)O)C(c3ccccc3C(F)(F)F)S(=O)(=O)C3CCCCC23)cc2c1OCO2. The summed E-state index contributed by atoms with van der Waals surface area (Å²) in [7, 11) is -4.32. The number of sulfone groups is 1. The van der Waals surface area contributed by atoms with Crippen LogP contribution in [-0.4, -0.2) is 31.5 Å². The number of carbonyl (C=O) groups is 1. The van der Waals surface area contributed by atoms with Crippen LogP contribution < -0.4 is 9.47 Å². The highest BCUT2D eigenvalue weighted by atomic mass is 32.2. The van der Waals surface area contributed by atoms with Gasteiger partial charge in [0, 0.05) is 5.92 Å². The smallest absolute Gasteiger partial charge is 0.416 e. The van der Waals surface area contributed by atoms with Crippen molar-refractivity contribution in [3.8, 4) is 11.5 Å². The van der Waals surface area contributed by atoms with E-state index < -0.39 is 55.1 Å². The molecule has 6 nitrogen and oxygen atoms in total. The lowest BCUT2D eigenvalue weighted by Gasteiger charge is -2.42.